The van der Waals surface area contributed by atoms with Crippen molar-refractivity contribution in [2.75, 3.05) is 30.6 Å². The topological polar surface area (TPSA) is 106 Å². The van der Waals surface area contributed by atoms with Gasteiger partial charge >= 0.3 is 0 Å². The number of benzene rings is 4. The van der Waals surface area contributed by atoms with Crippen molar-refractivity contribution in [2.45, 2.75) is 4.90 Å². The Hall–Kier alpha value is -4.73. The summed E-state index contributed by atoms with van der Waals surface area (Å²) in [6, 6.07) is 27.7. The average molecular weight is 602 g/mol. The Bertz CT molecular complexity index is 1590. The molecule has 8 nitrogen and oxygen atoms in total. The molecule has 4 aromatic carbocycles. The van der Waals surface area contributed by atoms with Crippen LogP contribution in [-0.4, -0.2) is 37.7 Å². The molecule has 0 bridgehead atoms. The van der Waals surface area contributed by atoms with Crippen LogP contribution in [0.1, 0.15) is 15.9 Å². The van der Waals surface area contributed by atoms with Gasteiger partial charge in [0, 0.05) is 27.2 Å². The van der Waals surface area contributed by atoms with Crippen molar-refractivity contribution in [3.8, 4) is 11.5 Å². The van der Waals surface area contributed by atoms with E-state index in [4.69, 9.17) is 21.1 Å². The summed E-state index contributed by atoms with van der Waals surface area (Å²) in [4.78, 5) is 39.6. The molecule has 0 fully saturated rings. The second-order valence-corrected chi connectivity index (χ2v) is 10.3. The van der Waals surface area contributed by atoms with Gasteiger partial charge in [-0.1, -0.05) is 48.0 Å². The van der Waals surface area contributed by atoms with Gasteiger partial charge in [0.2, 0.25) is 5.91 Å². The summed E-state index contributed by atoms with van der Waals surface area (Å²) >= 11 is 7.31. The van der Waals surface area contributed by atoms with Crippen molar-refractivity contribution in [2.24, 2.45) is 0 Å². The number of rotatable bonds is 11. The quantitative estimate of drug-likeness (QED) is 0.134. The summed E-state index contributed by atoms with van der Waals surface area (Å²) in [5.41, 5.74) is 2.18. The number of anilines is 2. The summed E-state index contributed by atoms with van der Waals surface area (Å²) in [6.07, 6.45) is 1.57. The molecule has 3 N–H and O–H groups in total. The number of halogens is 1. The molecule has 0 aromatic heterocycles. The second-order valence-electron chi connectivity index (χ2n) is 8.81. The highest BCUT2D eigenvalue weighted by Gasteiger charge is 2.16. The molecule has 0 radical (unpaired) electrons. The Labute approximate surface area is 253 Å². The van der Waals surface area contributed by atoms with E-state index < -0.39 is 11.8 Å². The van der Waals surface area contributed by atoms with E-state index in [1.54, 1.807) is 104 Å². The molecule has 4 rings (SSSR count). The van der Waals surface area contributed by atoms with Crippen LogP contribution in [0.3, 0.4) is 0 Å². The number of thioether (sulfide) groups is 1. The fourth-order valence-corrected chi connectivity index (χ4v) is 4.65. The largest absolute Gasteiger partial charge is 0.497 e. The van der Waals surface area contributed by atoms with Gasteiger partial charge in [-0.05, 0) is 66.2 Å². The maximum absolute atomic E-state index is 13.3. The normalized spacial score (nSPS) is 10.9. The van der Waals surface area contributed by atoms with Crippen LogP contribution in [0, 0.1) is 0 Å². The Kier molecular flexibility index (Phi) is 10.6. The number of amides is 3. The molecular weight excluding hydrogens is 574 g/mol. The third-order valence-electron chi connectivity index (χ3n) is 5.85. The maximum atomic E-state index is 13.3. The highest BCUT2D eigenvalue weighted by atomic mass is 35.5. The highest BCUT2D eigenvalue weighted by Crippen LogP contribution is 2.29. The molecule has 214 valence electrons. The zero-order valence-corrected chi connectivity index (χ0v) is 24.4. The first-order valence-electron chi connectivity index (χ1n) is 12.7. The minimum absolute atomic E-state index is 0.0528. The smallest absolute Gasteiger partial charge is 0.272 e. The molecule has 0 saturated heterocycles. The minimum atomic E-state index is -0.513. The van der Waals surface area contributed by atoms with Crippen molar-refractivity contribution >= 4 is 58.5 Å². The molecule has 0 saturated carbocycles. The van der Waals surface area contributed by atoms with E-state index in [0.29, 0.717) is 39.0 Å². The Balaban J connectivity index is 1.43. The van der Waals surface area contributed by atoms with Crippen molar-refractivity contribution in [3.63, 3.8) is 0 Å². The zero-order chi connectivity index (χ0) is 29.9. The Morgan fingerprint density at radius 2 is 1.60 bits per heavy atom. The van der Waals surface area contributed by atoms with Crippen molar-refractivity contribution in [3.05, 3.63) is 119 Å². The predicted octanol–water partition coefficient (Wildman–Crippen LogP) is 6.50. The lowest BCUT2D eigenvalue weighted by Gasteiger charge is -2.13. The average Bonchev–Trinajstić information content (AvgIpc) is 3.01. The minimum Gasteiger partial charge on any atom is -0.497 e. The number of nitrogens with one attached hydrogen (secondary N) is 3. The molecule has 0 aliphatic heterocycles. The van der Waals surface area contributed by atoms with Crippen LogP contribution in [0.2, 0.25) is 5.02 Å². The van der Waals surface area contributed by atoms with Gasteiger partial charge in [0.15, 0.2) is 0 Å². The van der Waals surface area contributed by atoms with Crippen molar-refractivity contribution < 1.29 is 23.9 Å². The molecule has 4 aromatic rings. The number of hydrogen-bond donors (Lipinski definition) is 3. The third-order valence-corrected chi connectivity index (χ3v) is 7.10. The van der Waals surface area contributed by atoms with E-state index in [1.165, 1.54) is 18.9 Å². The molecule has 0 unspecified atom stereocenters. The van der Waals surface area contributed by atoms with Gasteiger partial charge in [-0.3, -0.25) is 14.4 Å². The van der Waals surface area contributed by atoms with Gasteiger partial charge in [0.1, 0.15) is 17.2 Å². The van der Waals surface area contributed by atoms with Crippen molar-refractivity contribution in [1.29, 1.82) is 0 Å². The SMILES string of the molecule is COc1ccc(NC(=O)CSc2cccc(NC(=O)/C(=C/c3ccc(Cl)cc3)NC(=O)c3ccccc3)c2)c(OC)c1. The van der Waals surface area contributed by atoms with Gasteiger partial charge in [0.25, 0.3) is 11.8 Å². The number of carbonyl (C=O) groups excluding carboxylic acids is 3. The summed E-state index contributed by atoms with van der Waals surface area (Å²) in [6.45, 7) is 0. The summed E-state index contributed by atoms with van der Waals surface area (Å²) < 4.78 is 10.5. The molecule has 10 heteroatoms. The molecule has 0 aliphatic carbocycles. The monoisotopic (exact) mass is 601 g/mol. The van der Waals surface area contributed by atoms with E-state index in [1.807, 2.05) is 6.07 Å². The molecule has 0 aliphatic rings. The number of ether oxygens (including phenoxy) is 2. The van der Waals surface area contributed by atoms with Crippen LogP contribution in [0.4, 0.5) is 11.4 Å². The Morgan fingerprint density at radius 1 is 0.833 bits per heavy atom. The number of carbonyl (C=O) groups is 3. The van der Waals surface area contributed by atoms with Gasteiger partial charge < -0.3 is 25.4 Å². The number of hydrogen-bond acceptors (Lipinski definition) is 6. The lowest BCUT2D eigenvalue weighted by atomic mass is 10.1. The Morgan fingerprint density at radius 3 is 2.31 bits per heavy atom. The van der Waals surface area contributed by atoms with Crippen LogP contribution in [0.25, 0.3) is 6.08 Å². The van der Waals surface area contributed by atoms with E-state index in [9.17, 15) is 14.4 Å². The highest BCUT2D eigenvalue weighted by molar-refractivity contribution is 8.00. The predicted molar refractivity (Wildman–Crippen MR) is 167 cm³/mol. The first-order chi connectivity index (χ1) is 20.3. The van der Waals surface area contributed by atoms with Gasteiger partial charge in [-0.25, -0.2) is 0 Å². The lowest BCUT2D eigenvalue weighted by molar-refractivity contribution is -0.114. The lowest BCUT2D eigenvalue weighted by Crippen LogP contribution is -2.30. The molecule has 42 heavy (non-hydrogen) atoms. The number of methoxy groups -OCH3 is 2. The van der Waals surface area contributed by atoms with E-state index >= 15 is 0 Å². The molecule has 0 spiro atoms. The maximum Gasteiger partial charge on any atom is 0.272 e. The van der Waals surface area contributed by atoms with Gasteiger partial charge in [-0.15, -0.1) is 11.8 Å². The van der Waals surface area contributed by atoms with E-state index in [0.717, 1.165) is 4.90 Å². The fourth-order valence-electron chi connectivity index (χ4n) is 3.77. The molecule has 3 amide bonds. The summed E-state index contributed by atoms with van der Waals surface area (Å²) in [5, 5.41) is 8.94. The zero-order valence-electron chi connectivity index (χ0n) is 22.8. The standard InChI is InChI=1S/C32H28ClN3O5S/c1-40-25-15-16-27(29(19-25)41-2)35-30(37)20-42-26-10-6-9-24(18-26)34-32(39)28(17-21-11-13-23(33)14-12-21)36-31(38)22-7-4-3-5-8-22/h3-19H,20H2,1-2H3,(H,34,39)(H,35,37)(H,36,38)/b28-17-. The van der Waals surface area contributed by atoms with Crippen LogP contribution in [-0.2, 0) is 9.59 Å². The van der Waals surface area contributed by atoms with Crippen LogP contribution >= 0.6 is 23.4 Å². The van der Waals surface area contributed by atoms with Crippen LogP contribution < -0.4 is 25.4 Å². The van der Waals surface area contributed by atoms with Gasteiger partial charge in [-0.2, -0.15) is 0 Å². The van der Waals surface area contributed by atoms with E-state index in [-0.39, 0.29) is 17.4 Å². The third kappa shape index (κ3) is 8.63. The molecule has 0 heterocycles. The van der Waals surface area contributed by atoms with Gasteiger partial charge in [0.05, 0.1) is 25.7 Å². The first kappa shape index (κ1) is 30.2. The van der Waals surface area contributed by atoms with E-state index in [2.05, 4.69) is 16.0 Å². The summed E-state index contributed by atoms with van der Waals surface area (Å²) in [5.74, 6) is 0.0647. The van der Waals surface area contributed by atoms with Crippen LogP contribution in [0.15, 0.2) is 108 Å². The van der Waals surface area contributed by atoms with Crippen LogP contribution in [0.5, 0.6) is 11.5 Å². The summed E-state index contributed by atoms with van der Waals surface area (Å²) in [7, 11) is 3.07. The molecule has 0 atom stereocenters. The fraction of sp³-hybridized carbons (Fsp3) is 0.0938. The van der Waals surface area contributed by atoms with Crippen molar-refractivity contribution in [1.82, 2.24) is 5.32 Å². The molecular formula is C32H28ClN3O5S. The second kappa shape index (κ2) is 14.8. The first-order valence-corrected chi connectivity index (χ1v) is 14.1.